The Balaban J connectivity index is 1.97. The summed E-state index contributed by atoms with van der Waals surface area (Å²) in [6.45, 7) is 0. The van der Waals surface area contributed by atoms with Crippen LogP contribution in [-0.4, -0.2) is 13.4 Å². The van der Waals surface area contributed by atoms with Gasteiger partial charge in [-0.3, -0.25) is 0 Å². The van der Waals surface area contributed by atoms with Crippen LogP contribution in [0, 0.1) is 17.5 Å². The van der Waals surface area contributed by atoms with Crippen molar-refractivity contribution < 1.29 is 21.6 Å². The zero-order valence-electron chi connectivity index (χ0n) is 14.2. The molecular formula is C21H12F3NO2S. The minimum atomic E-state index is -4.20. The van der Waals surface area contributed by atoms with Crippen LogP contribution in [0.25, 0.3) is 22.0 Å². The van der Waals surface area contributed by atoms with E-state index in [2.05, 4.69) is 4.98 Å². The number of nitrogens with zero attached hydrogens (tertiary/aromatic N) is 1. The van der Waals surface area contributed by atoms with Crippen molar-refractivity contribution in [3.05, 3.63) is 90.2 Å². The number of aromatic nitrogens is 1. The third kappa shape index (κ3) is 3.14. The smallest absolute Gasteiger partial charge is 0.223 e. The summed E-state index contributed by atoms with van der Waals surface area (Å²) in [5.41, 5.74) is 1.54. The van der Waals surface area contributed by atoms with Crippen molar-refractivity contribution in [1.82, 2.24) is 4.98 Å². The average Bonchev–Trinajstić information content (AvgIpc) is 2.69. The molecule has 0 bridgehead atoms. The molecule has 140 valence electrons. The molecule has 0 radical (unpaired) electrons. The zero-order chi connectivity index (χ0) is 19.9. The molecule has 0 amide bonds. The summed E-state index contributed by atoms with van der Waals surface area (Å²) in [6.07, 6.45) is 0. The Morgan fingerprint density at radius 1 is 0.750 bits per heavy atom. The number of fused-ring (bicyclic) bond motifs is 1. The van der Waals surface area contributed by atoms with Crippen LogP contribution in [0.15, 0.2) is 82.7 Å². The molecule has 0 aliphatic heterocycles. The maximum atomic E-state index is 13.6. The predicted molar refractivity (Wildman–Crippen MR) is 98.9 cm³/mol. The molecule has 4 rings (SSSR count). The fourth-order valence-corrected chi connectivity index (χ4v) is 4.16. The van der Waals surface area contributed by atoms with Gasteiger partial charge in [-0.25, -0.2) is 26.6 Å². The van der Waals surface area contributed by atoms with Gasteiger partial charge in [-0.05, 0) is 53.6 Å². The van der Waals surface area contributed by atoms with Crippen LogP contribution in [0.4, 0.5) is 13.2 Å². The van der Waals surface area contributed by atoms with Crippen LogP contribution in [0.3, 0.4) is 0 Å². The van der Waals surface area contributed by atoms with E-state index in [1.807, 2.05) is 0 Å². The molecule has 4 aromatic rings. The highest BCUT2D eigenvalue weighted by Crippen LogP contribution is 2.32. The lowest BCUT2D eigenvalue weighted by molar-refractivity contribution is 0.504. The number of hydrogen-bond donors (Lipinski definition) is 0. The van der Waals surface area contributed by atoms with Crippen LogP contribution in [-0.2, 0) is 9.84 Å². The van der Waals surface area contributed by atoms with Crippen molar-refractivity contribution in [2.24, 2.45) is 0 Å². The second kappa shape index (κ2) is 6.76. The van der Waals surface area contributed by atoms with Crippen LogP contribution < -0.4 is 0 Å². The minimum absolute atomic E-state index is 0.309. The fourth-order valence-electron chi connectivity index (χ4n) is 2.92. The molecule has 1 aromatic heterocycles. The van der Waals surface area contributed by atoms with Gasteiger partial charge in [-0.15, -0.1) is 0 Å². The molecular weight excluding hydrogens is 387 g/mol. The van der Waals surface area contributed by atoms with Crippen LogP contribution in [0.5, 0.6) is 0 Å². The molecule has 28 heavy (non-hydrogen) atoms. The van der Waals surface area contributed by atoms with Crippen LogP contribution >= 0.6 is 0 Å². The normalized spacial score (nSPS) is 11.7. The number of benzene rings is 3. The Bertz CT molecular complexity index is 1300. The second-order valence-electron chi connectivity index (χ2n) is 6.11. The van der Waals surface area contributed by atoms with E-state index in [-0.39, 0.29) is 5.03 Å². The topological polar surface area (TPSA) is 47.0 Å². The van der Waals surface area contributed by atoms with Crippen molar-refractivity contribution >= 4 is 20.7 Å². The number of hydrogen-bond acceptors (Lipinski definition) is 3. The molecule has 3 nitrogen and oxygen atoms in total. The largest absolute Gasteiger partial charge is 0.236 e. The van der Waals surface area contributed by atoms with Gasteiger partial charge in [-0.1, -0.05) is 30.3 Å². The lowest BCUT2D eigenvalue weighted by Crippen LogP contribution is -2.06. The predicted octanol–water partition coefficient (Wildman–Crippen LogP) is 5.15. The lowest BCUT2D eigenvalue weighted by Gasteiger charge is -2.11. The van der Waals surface area contributed by atoms with E-state index in [4.69, 9.17) is 0 Å². The van der Waals surface area contributed by atoms with E-state index in [0.29, 0.717) is 28.1 Å². The maximum absolute atomic E-state index is 13.6. The molecule has 7 heteroatoms. The first-order valence-electron chi connectivity index (χ1n) is 8.22. The molecule has 0 fully saturated rings. The van der Waals surface area contributed by atoms with Crippen LogP contribution in [0.2, 0.25) is 0 Å². The molecule has 0 aliphatic rings. The summed E-state index contributed by atoms with van der Waals surface area (Å²) in [5, 5.41) is 0.370. The Labute approximate surface area is 159 Å². The Kier molecular flexibility index (Phi) is 4.39. The standard InChI is InChI=1S/C21H12F3NO2S/c22-14-7-5-13(6-8-14)17-12-21(25-20-4-2-1-3-16(17)20)28(26,27)15-9-10-18(23)19(24)11-15/h1-12H. The second-order valence-corrected chi connectivity index (χ2v) is 8.01. The maximum Gasteiger partial charge on any atom is 0.223 e. The first-order valence-corrected chi connectivity index (χ1v) is 9.70. The van der Waals surface area contributed by atoms with E-state index >= 15 is 0 Å². The van der Waals surface area contributed by atoms with E-state index in [0.717, 1.165) is 12.1 Å². The Hall–Kier alpha value is -3.19. The number of rotatable bonds is 3. The first kappa shape index (κ1) is 18.2. The molecule has 0 aliphatic carbocycles. The van der Waals surface area contributed by atoms with E-state index < -0.39 is 32.2 Å². The fraction of sp³-hybridized carbons (Fsp3) is 0. The van der Waals surface area contributed by atoms with Gasteiger partial charge < -0.3 is 0 Å². The number of halogens is 3. The third-order valence-corrected chi connectivity index (χ3v) is 5.96. The van der Waals surface area contributed by atoms with Crippen molar-refractivity contribution in [3.8, 4) is 11.1 Å². The monoisotopic (exact) mass is 399 g/mol. The van der Waals surface area contributed by atoms with Crippen molar-refractivity contribution in [2.45, 2.75) is 9.92 Å². The van der Waals surface area contributed by atoms with Gasteiger partial charge >= 0.3 is 0 Å². The zero-order valence-corrected chi connectivity index (χ0v) is 15.1. The highest BCUT2D eigenvalue weighted by atomic mass is 32.2. The van der Waals surface area contributed by atoms with E-state index in [9.17, 15) is 21.6 Å². The van der Waals surface area contributed by atoms with Crippen molar-refractivity contribution in [2.75, 3.05) is 0 Å². The molecule has 0 spiro atoms. The summed E-state index contributed by atoms with van der Waals surface area (Å²) in [7, 11) is -4.20. The van der Waals surface area contributed by atoms with E-state index in [1.54, 1.807) is 24.3 Å². The number of para-hydroxylation sites is 1. The quantitative estimate of drug-likeness (QED) is 0.448. The Morgan fingerprint density at radius 2 is 1.46 bits per heavy atom. The highest BCUT2D eigenvalue weighted by Gasteiger charge is 2.23. The summed E-state index contributed by atoms with van der Waals surface area (Å²) in [5.74, 6) is -2.82. The summed E-state index contributed by atoms with van der Waals surface area (Å²) in [6, 6.07) is 16.2. The van der Waals surface area contributed by atoms with Crippen molar-refractivity contribution in [1.29, 1.82) is 0 Å². The SMILES string of the molecule is O=S(=O)(c1ccc(F)c(F)c1)c1cc(-c2ccc(F)cc2)c2ccccc2n1. The highest BCUT2D eigenvalue weighted by molar-refractivity contribution is 7.91. The number of pyridine rings is 1. The van der Waals surface area contributed by atoms with Gasteiger partial charge in [0.05, 0.1) is 10.4 Å². The average molecular weight is 399 g/mol. The first-order chi connectivity index (χ1) is 13.4. The molecule has 0 N–H and O–H groups in total. The van der Waals surface area contributed by atoms with Gasteiger partial charge in [-0.2, -0.15) is 0 Å². The third-order valence-electron chi connectivity index (χ3n) is 4.32. The number of sulfone groups is 1. The van der Waals surface area contributed by atoms with Gasteiger partial charge in [0.1, 0.15) is 5.82 Å². The summed E-state index contributed by atoms with van der Waals surface area (Å²) < 4.78 is 66.0. The van der Waals surface area contributed by atoms with Gasteiger partial charge in [0.2, 0.25) is 9.84 Å². The van der Waals surface area contributed by atoms with Gasteiger partial charge in [0, 0.05) is 5.39 Å². The minimum Gasteiger partial charge on any atom is -0.236 e. The Morgan fingerprint density at radius 3 is 2.18 bits per heavy atom. The van der Waals surface area contributed by atoms with E-state index in [1.165, 1.54) is 30.3 Å². The summed E-state index contributed by atoms with van der Waals surface area (Å²) in [4.78, 5) is 3.80. The molecule has 1 heterocycles. The van der Waals surface area contributed by atoms with Crippen molar-refractivity contribution in [3.63, 3.8) is 0 Å². The summed E-state index contributed by atoms with van der Waals surface area (Å²) >= 11 is 0. The molecule has 0 atom stereocenters. The van der Waals surface area contributed by atoms with Crippen LogP contribution in [0.1, 0.15) is 0 Å². The molecule has 0 saturated carbocycles. The van der Waals surface area contributed by atoms with Gasteiger partial charge in [0.25, 0.3) is 0 Å². The molecule has 3 aromatic carbocycles. The molecule has 0 unspecified atom stereocenters. The lowest BCUT2D eigenvalue weighted by atomic mass is 10.0. The van der Waals surface area contributed by atoms with Gasteiger partial charge in [0.15, 0.2) is 16.7 Å². The molecule has 0 saturated heterocycles.